The molecule has 2 rings (SSSR count). The maximum absolute atomic E-state index is 13.1. The molecule has 2 aromatic carbocycles. The van der Waals surface area contributed by atoms with Crippen molar-refractivity contribution in [3.8, 4) is 0 Å². The molecule has 0 aliphatic rings. The molecule has 0 aliphatic carbocycles. The normalized spacial score (nSPS) is 11.4. The number of hydrogen-bond donors (Lipinski definition) is 1. The Bertz CT molecular complexity index is 763. The maximum atomic E-state index is 13.1. The fourth-order valence-electron chi connectivity index (χ4n) is 1.59. The van der Waals surface area contributed by atoms with E-state index in [1.165, 1.54) is 6.07 Å². The lowest BCUT2D eigenvalue weighted by atomic mass is 10.2. The molecule has 0 fully saturated rings. The number of nitrogens with one attached hydrogen (secondary N) is 1. The zero-order chi connectivity index (χ0) is 14.9. The van der Waals surface area contributed by atoms with E-state index >= 15 is 0 Å². The van der Waals surface area contributed by atoms with Gasteiger partial charge in [-0.3, -0.25) is 4.72 Å². The van der Waals surface area contributed by atoms with Gasteiger partial charge >= 0.3 is 0 Å². The summed E-state index contributed by atoms with van der Waals surface area (Å²) in [5.74, 6) is -2.15. The maximum Gasteiger partial charge on any atom is 0.263 e. The van der Waals surface area contributed by atoms with Crippen molar-refractivity contribution in [2.45, 2.75) is 11.8 Å². The van der Waals surface area contributed by atoms with Crippen LogP contribution in [0.2, 0.25) is 0 Å². The van der Waals surface area contributed by atoms with Crippen molar-refractivity contribution >= 4 is 31.6 Å². The third-order valence-electron chi connectivity index (χ3n) is 2.55. The lowest BCUT2D eigenvalue weighted by Gasteiger charge is -2.10. The van der Waals surface area contributed by atoms with Crippen LogP contribution in [-0.2, 0) is 10.0 Å². The van der Waals surface area contributed by atoms with Crippen LogP contribution in [0.4, 0.5) is 14.5 Å². The van der Waals surface area contributed by atoms with Gasteiger partial charge in [-0.2, -0.15) is 0 Å². The van der Waals surface area contributed by atoms with E-state index in [9.17, 15) is 17.2 Å². The van der Waals surface area contributed by atoms with E-state index in [1.807, 2.05) is 6.92 Å². The standard InChI is InChI=1S/C13H10BrF2NO2S/c1-8-2-5-13(10(14)6-8)20(18,19)17-9-3-4-11(15)12(16)7-9/h2-7,17H,1H3. The first kappa shape index (κ1) is 14.9. The van der Waals surface area contributed by atoms with E-state index in [-0.39, 0.29) is 10.6 Å². The van der Waals surface area contributed by atoms with Crippen LogP contribution in [0.5, 0.6) is 0 Å². The Morgan fingerprint density at radius 3 is 2.35 bits per heavy atom. The predicted molar refractivity (Wildman–Crippen MR) is 76.0 cm³/mol. The molecular weight excluding hydrogens is 352 g/mol. The van der Waals surface area contributed by atoms with Crippen molar-refractivity contribution in [3.05, 3.63) is 58.1 Å². The average molecular weight is 362 g/mol. The number of rotatable bonds is 3. The lowest BCUT2D eigenvalue weighted by molar-refractivity contribution is 0.509. The fraction of sp³-hybridized carbons (Fsp3) is 0.0769. The summed E-state index contributed by atoms with van der Waals surface area (Å²) in [6, 6.07) is 7.52. The number of sulfonamides is 1. The van der Waals surface area contributed by atoms with Crippen molar-refractivity contribution in [1.82, 2.24) is 0 Å². The molecule has 0 spiro atoms. The van der Waals surface area contributed by atoms with Gasteiger partial charge in [0, 0.05) is 10.5 Å². The number of hydrogen-bond acceptors (Lipinski definition) is 2. The fourth-order valence-corrected chi connectivity index (χ4v) is 3.84. The Morgan fingerprint density at radius 2 is 1.75 bits per heavy atom. The average Bonchev–Trinajstić information content (AvgIpc) is 2.33. The minimum atomic E-state index is -3.88. The van der Waals surface area contributed by atoms with Crippen LogP contribution in [0.3, 0.4) is 0 Å². The smallest absolute Gasteiger partial charge is 0.263 e. The topological polar surface area (TPSA) is 46.2 Å². The van der Waals surface area contributed by atoms with Crippen molar-refractivity contribution < 1.29 is 17.2 Å². The van der Waals surface area contributed by atoms with Crippen LogP contribution in [0, 0.1) is 18.6 Å². The summed E-state index contributed by atoms with van der Waals surface area (Å²) >= 11 is 3.17. The molecule has 1 N–H and O–H groups in total. The molecule has 0 unspecified atom stereocenters. The summed E-state index contributed by atoms with van der Waals surface area (Å²) < 4.78 is 52.8. The lowest BCUT2D eigenvalue weighted by Crippen LogP contribution is -2.13. The molecule has 20 heavy (non-hydrogen) atoms. The van der Waals surface area contributed by atoms with Crippen molar-refractivity contribution in [1.29, 1.82) is 0 Å². The molecule has 0 aliphatic heterocycles. The first-order valence-corrected chi connectivity index (χ1v) is 7.81. The van der Waals surface area contributed by atoms with Crippen LogP contribution in [-0.4, -0.2) is 8.42 Å². The Morgan fingerprint density at radius 1 is 1.05 bits per heavy atom. The molecule has 0 saturated carbocycles. The molecule has 2 aromatic rings. The minimum Gasteiger partial charge on any atom is -0.279 e. The molecule has 7 heteroatoms. The van der Waals surface area contributed by atoms with E-state index in [4.69, 9.17) is 0 Å². The van der Waals surface area contributed by atoms with Gasteiger partial charge in [-0.05, 0) is 52.7 Å². The summed E-state index contributed by atoms with van der Waals surface area (Å²) in [4.78, 5) is 0.0211. The second-order valence-electron chi connectivity index (χ2n) is 4.17. The van der Waals surface area contributed by atoms with Crippen molar-refractivity contribution in [2.24, 2.45) is 0 Å². The number of halogens is 3. The molecule has 0 bridgehead atoms. The van der Waals surface area contributed by atoms with Gasteiger partial charge in [0.25, 0.3) is 10.0 Å². The second-order valence-corrected chi connectivity index (χ2v) is 6.67. The summed E-state index contributed by atoms with van der Waals surface area (Å²) in [7, 11) is -3.88. The van der Waals surface area contributed by atoms with Gasteiger partial charge in [0.1, 0.15) is 4.90 Å². The molecule has 0 heterocycles. The Labute approximate surface area is 123 Å². The SMILES string of the molecule is Cc1ccc(S(=O)(=O)Nc2ccc(F)c(F)c2)c(Br)c1. The third kappa shape index (κ3) is 3.16. The Hall–Kier alpha value is -1.47. The van der Waals surface area contributed by atoms with Gasteiger partial charge in [0.2, 0.25) is 0 Å². The number of aryl methyl sites for hydroxylation is 1. The van der Waals surface area contributed by atoms with Crippen molar-refractivity contribution in [2.75, 3.05) is 4.72 Å². The largest absolute Gasteiger partial charge is 0.279 e. The van der Waals surface area contributed by atoms with Gasteiger partial charge < -0.3 is 0 Å². The summed E-state index contributed by atoms with van der Waals surface area (Å²) in [5, 5.41) is 0. The molecule has 106 valence electrons. The van der Waals surface area contributed by atoms with Crippen LogP contribution in [0.1, 0.15) is 5.56 Å². The second kappa shape index (κ2) is 5.49. The van der Waals surface area contributed by atoms with E-state index in [0.29, 0.717) is 4.47 Å². The van der Waals surface area contributed by atoms with E-state index in [1.54, 1.807) is 12.1 Å². The molecule has 0 amide bonds. The van der Waals surface area contributed by atoms with Crippen LogP contribution >= 0.6 is 15.9 Å². The summed E-state index contributed by atoms with van der Waals surface area (Å²) in [6.07, 6.45) is 0. The highest BCUT2D eigenvalue weighted by Crippen LogP contribution is 2.25. The highest BCUT2D eigenvalue weighted by molar-refractivity contribution is 9.10. The predicted octanol–water partition coefficient (Wildman–Crippen LogP) is 3.84. The summed E-state index contributed by atoms with van der Waals surface area (Å²) in [6.45, 7) is 1.82. The van der Waals surface area contributed by atoms with Crippen molar-refractivity contribution in [3.63, 3.8) is 0 Å². The van der Waals surface area contributed by atoms with Crippen LogP contribution in [0.25, 0.3) is 0 Å². The van der Waals surface area contributed by atoms with Gasteiger partial charge in [-0.15, -0.1) is 0 Å². The monoisotopic (exact) mass is 361 g/mol. The quantitative estimate of drug-likeness (QED) is 0.902. The Balaban J connectivity index is 2.38. The van der Waals surface area contributed by atoms with E-state index < -0.39 is 21.7 Å². The minimum absolute atomic E-state index is 0.0211. The van der Waals surface area contributed by atoms with E-state index in [2.05, 4.69) is 20.7 Å². The number of anilines is 1. The summed E-state index contributed by atoms with van der Waals surface area (Å²) in [5.41, 5.74) is 0.847. The molecule has 0 radical (unpaired) electrons. The Kier molecular flexibility index (Phi) is 4.10. The van der Waals surface area contributed by atoms with Crippen LogP contribution in [0.15, 0.2) is 45.8 Å². The molecule has 0 saturated heterocycles. The zero-order valence-corrected chi connectivity index (χ0v) is 12.7. The first-order valence-electron chi connectivity index (χ1n) is 5.53. The van der Waals surface area contributed by atoms with Gasteiger partial charge in [0.15, 0.2) is 11.6 Å². The van der Waals surface area contributed by atoms with Gasteiger partial charge in [-0.25, -0.2) is 17.2 Å². The number of benzene rings is 2. The highest BCUT2D eigenvalue weighted by Gasteiger charge is 2.18. The molecule has 3 nitrogen and oxygen atoms in total. The highest BCUT2D eigenvalue weighted by atomic mass is 79.9. The molecule has 0 aromatic heterocycles. The molecule has 0 atom stereocenters. The zero-order valence-electron chi connectivity index (χ0n) is 10.3. The first-order chi connectivity index (χ1) is 9.29. The third-order valence-corrected chi connectivity index (χ3v) is 4.91. The molecular formula is C13H10BrF2NO2S. The van der Waals surface area contributed by atoms with Gasteiger partial charge in [-0.1, -0.05) is 6.07 Å². The van der Waals surface area contributed by atoms with Crippen LogP contribution < -0.4 is 4.72 Å². The van der Waals surface area contributed by atoms with E-state index in [0.717, 1.165) is 23.8 Å². The van der Waals surface area contributed by atoms with Gasteiger partial charge in [0.05, 0.1) is 5.69 Å².